The van der Waals surface area contributed by atoms with Gasteiger partial charge in [-0.15, -0.1) is 0 Å². The van der Waals surface area contributed by atoms with E-state index in [1.807, 2.05) is 0 Å². The van der Waals surface area contributed by atoms with E-state index in [0.29, 0.717) is 18.5 Å². The van der Waals surface area contributed by atoms with Gasteiger partial charge in [0.25, 0.3) is 0 Å². The Hall–Kier alpha value is -1.76. The molecule has 7 heteroatoms. The van der Waals surface area contributed by atoms with E-state index in [9.17, 15) is 23.1 Å². The number of benzene rings is 1. The van der Waals surface area contributed by atoms with Crippen molar-refractivity contribution >= 4 is 6.03 Å². The molecule has 1 aromatic rings. The summed E-state index contributed by atoms with van der Waals surface area (Å²) < 4.78 is 39.7. The number of likely N-dealkylation sites (tertiary alicyclic amines) is 1. The van der Waals surface area contributed by atoms with Gasteiger partial charge in [-0.05, 0) is 24.8 Å². The Labute approximate surface area is 133 Å². The van der Waals surface area contributed by atoms with E-state index < -0.39 is 24.3 Å². The lowest BCUT2D eigenvalue weighted by Gasteiger charge is -2.36. The van der Waals surface area contributed by atoms with Gasteiger partial charge < -0.3 is 15.3 Å². The third-order valence-electron chi connectivity index (χ3n) is 4.07. The zero-order valence-electron chi connectivity index (χ0n) is 12.7. The lowest BCUT2D eigenvalue weighted by Crippen LogP contribution is -2.56. The molecule has 2 rings (SSSR count). The van der Waals surface area contributed by atoms with Crippen molar-refractivity contribution in [3.8, 4) is 0 Å². The fourth-order valence-electron chi connectivity index (χ4n) is 2.79. The van der Waals surface area contributed by atoms with Crippen molar-refractivity contribution in [1.82, 2.24) is 10.2 Å². The molecule has 2 amide bonds. The predicted octanol–water partition coefficient (Wildman–Crippen LogP) is 2.72. The number of aliphatic hydroxyl groups excluding tert-OH is 1. The Morgan fingerprint density at radius 1 is 1.30 bits per heavy atom. The van der Waals surface area contributed by atoms with Gasteiger partial charge in [0.15, 0.2) is 0 Å². The topological polar surface area (TPSA) is 52.6 Å². The molecule has 4 nitrogen and oxygen atoms in total. The summed E-state index contributed by atoms with van der Waals surface area (Å²) in [6.45, 7) is 0.135. The number of carbonyl (C=O) groups is 1. The van der Waals surface area contributed by atoms with Crippen LogP contribution in [0, 0.1) is 0 Å². The van der Waals surface area contributed by atoms with Gasteiger partial charge in [-0.3, -0.25) is 0 Å². The predicted molar refractivity (Wildman–Crippen MR) is 80.0 cm³/mol. The summed E-state index contributed by atoms with van der Waals surface area (Å²) >= 11 is 0. The quantitative estimate of drug-likeness (QED) is 0.892. The summed E-state index contributed by atoms with van der Waals surface area (Å²) in [5, 5.41) is 11.4. The van der Waals surface area contributed by atoms with E-state index in [0.717, 1.165) is 12.8 Å². The molecule has 0 aliphatic carbocycles. The highest BCUT2D eigenvalue weighted by Crippen LogP contribution is 2.24. The summed E-state index contributed by atoms with van der Waals surface area (Å²) in [4.78, 5) is 13.5. The number of amides is 2. The summed E-state index contributed by atoms with van der Waals surface area (Å²) in [7, 11) is 0. The Balaban J connectivity index is 2.06. The SMILES string of the molecule is O=C(NC(Cc1ccccc1)C(F)(F)F)N1CCCCC1CO. The summed E-state index contributed by atoms with van der Waals surface area (Å²) in [6.07, 6.45) is -2.63. The standard InChI is InChI=1S/C16H21F3N2O2/c17-16(18,19)14(10-12-6-2-1-3-7-12)20-15(23)21-9-5-4-8-13(21)11-22/h1-3,6-7,13-14,22H,4-5,8-11H2,(H,20,23). The van der Waals surface area contributed by atoms with Crippen LogP contribution in [0.1, 0.15) is 24.8 Å². The van der Waals surface area contributed by atoms with Crippen LogP contribution in [0.2, 0.25) is 0 Å². The van der Waals surface area contributed by atoms with Crippen LogP contribution in [-0.4, -0.2) is 47.4 Å². The molecule has 1 aliphatic rings. The minimum absolute atomic E-state index is 0.233. The largest absolute Gasteiger partial charge is 0.408 e. The van der Waals surface area contributed by atoms with Crippen LogP contribution in [0.15, 0.2) is 30.3 Å². The number of hydrogen-bond donors (Lipinski definition) is 2. The number of aliphatic hydroxyl groups is 1. The van der Waals surface area contributed by atoms with Crippen LogP contribution in [-0.2, 0) is 6.42 Å². The minimum atomic E-state index is -4.53. The van der Waals surface area contributed by atoms with Crippen molar-refractivity contribution in [1.29, 1.82) is 0 Å². The normalized spacial score (nSPS) is 20.2. The maximum atomic E-state index is 13.2. The highest BCUT2D eigenvalue weighted by atomic mass is 19.4. The van der Waals surface area contributed by atoms with Gasteiger partial charge in [-0.2, -0.15) is 13.2 Å². The maximum absolute atomic E-state index is 13.2. The van der Waals surface area contributed by atoms with E-state index in [4.69, 9.17) is 0 Å². The van der Waals surface area contributed by atoms with Crippen LogP contribution in [0.25, 0.3) is 0 Å². The third-order valence-corrected chi connectivity index (χ3v) is 4.07. The van der Waals surface area contributed by atoms with Crippen LogP contribution in [0.3, 0.4) is 0 Å². The zero-order chi connectivity index (χ0) is 16.9. The number of urea groups is 1. The Bertz CT molecular complexity index is 508. The van der Waals surface area contributed by atoms with Gasteiger partial charge in [0, 0.05) is 13.0 Å². The maximum Gasteiger partial charge on any atom is 0.408 e. The molecule has 2 N–H and O–H groups in total. The summed E-state index contributed by atoms with van der Waals surface area (Å²) in [5.74, 6) is 0. The molecule has 2 atom stereocenters. The molecule has 1 saturated heterocycles. The van der Waals surface area contributed by atoms with Gasteiger partial charge in [0.2, 0.25) is 0 Å². The molecule has 1 fully saturated rings. The van der Waals surface area contributed by atoms with Gasteiger partial charge >= 0.3 is 12.2 Å². The van der Waals surface area contributed by atoms with E-state index >= 15 is 0 Å². The van der Waals surface area contributed by atoms with Gasteiger partial charge in [-0.25, -0.2) is 4.79 Å². The molecule has 128 valence electrons. The number of carbonyl (C=O) groups excluding carboxylic acids is 1. The second-order valence-corrected chi connectivity index (χ2v) is 5.76. The van der Waals surface area contributed by atoms with E-state index in [1.165, 1.54) is 4.90 Å². The van der Waals surface area contributed by atoms with Crippen molar-refractivity contribution in [3.63, 3.8) is 0 Å². The molecule has 0 bridgehead atoms. The van der Waals surface area contributed by atoms with Crippen molar-refractivity contribution in [2.45, 2.75) is 43.9 Å². The summed E-state index contributed by atoms with van der Waals surface area (Å²) in [5.41, 5.74) is 0.507. The average molecular weight is 330 g/mol. The first-order valence-electron chi connectivity index (χ1n) is 7.70. The van der Waals surface area contributed by atoms with Crippen molar-refractivity contribution < 1.29 is 23.1 Å². The number of piperidine rings is 1. The highest BCUT2D eigenvalue weighted by molar-refractivity contribution is 5.75. The van der Waals surface area contributed by atoms with Crippen LogP contribution in [0.4, 0.5) is 18.0 Å². The minimum Gasteiger partial charge on any atom is -0.394 e. The third kappa shape index (κ3) is 4.86. The molecular weight excluding hydrogens is 309 g/mol. The number of hydrogen-bond acceptors (Lipinski definition) is 2. The Kier molecular flexibility index (Phi) is 5.87. The molecule has 1 aliphatic heterocycles. The first-order valence-corrected chi connectivity index (χ1v) is 7.70. The highest BCUT2D eigenvalue weighted by Gasteiger charge is 2.42. The van der Waals surface area contributed by atoms with E-state index in [1.54, 1.807) is 30.3 Å². The monoisotopic (exact) mass is 330 g/mol. The smallest absolute Gasteiger partial charge is 0.394 e. The van der Waals surface area contributed by atoms with Crippen LogP contribution >= 0.6 is 0 Å². The molecule has 1 heterocycles. The van der Waals surface area contributed by atoms with Crippen molar-refractivity contribution in [3.05, 3.63) is 35.9 Å². The number of nitrogens with one attached hydrogen (secondary N) is 1. The Morgan fingerprint density at radius 3 is 2.61 bits per heavy atom. The van der Waals surface area contributed by atoms with Crippen LogP contribution < -0.4 is 5.32 Å². The average Bonchev–Trinajstić information content (AvgIpc) is 2.54. The number of nitrogens with zero attached hydrogens (tertiary/aromatic N) is 1. The number of halogens is 3. The lowest BCUT2D eigenvalue weighted by atomic mass is 10.0. The zero-order valence-corrected chi connectivity index (χ0v) is 12.7. The van der Waals surface area contributed by atoms with Gasteiger partial charge in [0.05, 0.1) is 12.6 Å². The van der Waals surface area contributed by atoms with Crippen LogP contribution in [0.5, 0.6) is 0 Å². The van der Waals surface area contributed by atoms with Gasteiger partial charge in [0.1, 0.15) is 6.04 Å². The molecule has 0 spiro atoms. The first-order chi connectivity index (χ1) is 10.9. The summed E-state index contributed by atoms with van der Waals surface area (Å²) in [6, 6.07) is 5.14. The second-order valence-electron chi connectivity index (χ2n) is 5.76. The molecule has 0 aromatic heterocycles. The Morgan fingerprint density at radius 2 is 2.00 bits per heavy atom. The fraction of sp³-hybridized carbons (Fsp3) is 0.562. The molecule has 1 aromatic carbocycles. The van der Waals surface area contributed by atoms with Crippen molar-refractivity contribution in [2.75, 3.05) is 13.2 Å². The number of alkyl halides is 3. The first kappa shape index (κ1) is 17.6. The molecule has 2 unspecified atom stereocenters. The van der Waals surface area contributed by atoms with Crippen molar-refractivity contribution in [2.24, 2.45) is 0 Å². The van der Waals surface area contributed by atoms with Gasteiger partial charge in [-0.1, -0.05) is 30.3 Å². The molecular formula is C16H21F3N2O2. The fourth-order valence-corrected chi connectivity index (χ4v) is 2.79. The molecule has 0 saturated carbocycles. The number of rotatable bonds is 4. The van der Waals surface area contributed by atoms with E-state index in [2.05, 4.69) is 5.32 Å². The second kappa shape index (κ2) is 7.68. The molecule has 23 heavy (non-hydrogen) atoms. The molecule has 0 radical (unpaired) electrons. The van der Waals surface area contributed by atoms with E-state index in [-0.39, 0.29) is 13.0 Å². The lowest BCUT2D eigenvalue weighted by molar-refractivity contribution is -0.153.